The molecule has 0 spiro atoms. The molecule has 38 heavy (non-hydrogen) atoms. The third-order valence-corrected chi connectivity index (χ3v) is 6.92. The van der Waals surface area contributed by atoms with Gasteiger partial charge in [-0.15, -0.1) is 6.58 Å². The molecular formula is C32H36O6. The number of ether oxygens (including phenoxy) is 6. The van der Waals surface area contributed by atoms with E-state index < -0.39 is 36.0 Å². The van der Waals surface area contributed by atoms with Gasteiger partial charge in [-0.2, -0.15) is 0 Å². The summed E-state index contributed by atoms with van der Waals surface area (Å²) in [6, 6.07) is 30.1. The molecule has 5 rings (SSSR count). The molecule has 0 aromatic heterocycles. The molecule has 5 atom stereocenters. The standard InChI is InChI=1S/C32H36O6/c1-4-32(35-22-26-18-12-7-13-19-26)28(36-30-29(32)37-31(2,3)38-30)27(34-21-25-16-10-6-11-17-25)23-33-20-24-14-8-5-9-15-24/h4-19,27-30H,1,20-23H2,2-3H3/t27-,28-,29+,30-,32-/m1/s1. The molecular weight excluding hydrogens is 480 g/mol. The summed E-state index contributed by atoms with van der Waals surface area (Å²) >= 11 is 0. The van der Waals surface area contributed by atoms with Gasteiger partial charge in [-0.1, -0.05) is 97.1 Å². The topological polar surface area (TPSA) is 55.4 Å². The maximum absolute atomic E-state index is 6.66. The van der Waals surface area contributed by atoms with Gasteiger partial charge in [-0.25, -0.2) is 0 Å². The minimum Gasteiger partial charge on any atom is -0.374 e. The first-order valence-electron chi connectivity index (χ1n) is 13.1. The number of hydrogen-bond donors (Lipinski definition) is 0. The zero-order valence-electron chi connectivity index (χ0n) is 22.0. The maximum Gasteiger partial charge on any atom is 0.191 e. The Morgan fingerprint density at radius 1 is 0.789 bits per heavy atom. The molecule has 6 heteroatoms. The number of hydrogen-bond acceptors (Lipinski definition) is 6. The molecule has 0 radical (unpaired) electrons. The second-order valence-corrected chi connectivity index (χ2v) is 10.1. The second kappa shape index (κ2) is 11.9. The van der Waals surface area contributed by atoms with Crippen molar-refractivity contribution in [3.63, 3.8) is 0 Å². The molecule has 0 aliphatic carbocycles. The maximum atomic E-state index is 6.66. The van der Waals surface area contributed by atoms with E-state index in [1.54, 1.807) is 6.08 Å². The van der Waals surface area contributed by atoms with Crippen molar-refractivity contribution in [1.82, 2.24) is 0 Å². The van der Waals surface area contributed by atoms with Crippen molar-refractivity contribution < 1.29 is 28.4 Å². The highest BCUT2D eigenvalue weighted by atomic mass is 16.8. The molecule has 0 bridgehead atoms. The van der Waals surface area contributed by atoms with Crippen molar-refractivity contribution in [3.05, 3.63) is 120 Å². The first-order valence-corrected chi connectivity index (χ1v) is 13.1. The fourth-order valence-electron chi connectivity index (χ4n) is 5.03. The molecule has 3 aromatic carbocycles. The van der Waals surface area contributed by atoms with Crippen LogP contribution in [0.25, 0.3) is 0 Å². The van der Waals surface area contributed by atoms with Crippen LogP contribution in [0.2, 0.25) is 0 Å². The Morgan fingerprint density at radius 2 is 1.34 bits per heavy atom. The van der Waals surface area contributed by atoms with Crippen LogP contribution in [0, 0.1) is 0 Å². The summed E-state index contributed by atoms with van der Waals surface area (Å²) in [7, 11) is 0. The third kappa shape index (κ3) is 6.07. The lowest BCUT2D eigenvalue weighted by atomic mass is 9.88. The molecule has 0 N–H and O–H groups in total. The molecule has 2 fully saturated rings. The van der Waals surface area contributed by atoms with E-state index in [9.17, 15) is 0 Å². The fraction of sp³-hybridized carbons (Fsp3) is 0.375. The molecule has 3 aromatic rings. The monoisotopic (exact) mass is 516 g/mol. The summed E-state index contributed by atoms with van der Waals surface area (Å²) in [5.41, 5.74) is 2.16. The molecule has 0 amide bonds. The summed E-state index contributed by atoms with van der Waals surface area (Å²) in [5, 5.41) is 0. The predicted octanol–water partition coefficient (Wildman–Crippen LogP) is 5.81. The van der Waals surface area contributed by atoms with Crippen molar-refractivity contribution >= 4 is 0 Å². The molecule has 6 nitrogen and oxygen atoms in total. The van der Waals surface area contributed by atoms with Crippen LogP contribution in [0.15, 0.2) is 104 Å². The highest BCUT2D eigenvalue weighted by Crippen LogP contribution is 2.47. The van der Waals surface area contributed by atoms with Gasteiger partial charge in [0.1, 0.15) is 23.9 Å². The normalized spacial score (nSPS) is 26.6. The highest BCUT2D eigenvalue weighted by molar-refractivity contribution is 5.20. The Labute approximate surface area is 225 Å². The van der Waals surface area contributed by atoms with E-state index in [0.717, 1.165) is 16.7 Å². The molecule has 0 unspecified atom stereocenters. The van der Waals surface area contributed by atoms with Crippen molar-refractivity contribution in [2.75, 3.05) is 6.61 Å². The minimum absolute atomic E-state index is 0.291. The van der Waals surface area contributed by atoms with Crippen LogP contribution in [-0.2, 0) is 48.2 Å². The first-order chi connectivity index (χ1) is 18.5. The van der Waals surface area contributed by atoms with Gasteiger partial charge in [0.05, 0.1) is 26.4 Å². The van der Waals surface area contributed by atoms with Gasteiger partial charge in [-0.3, -0.25) is 0 Å². The molecule has 2 aliphatic rings. The smallest absolute Gasteiger partial charge is 0.191 e. The van der Waals surface area contributed by atoms with E-state index in [4.69, 9.17) is 28.4 Å². The molecule has 2 heterocycles. The van der Waals surface area contributed by atoms with Crippen molar-refractivity contribution in [3.8, 4) is 0 Å². The van der Waals surface area contributed by atoms with Crippen LogP contribution in [-0.4, -0.2) is 42.6 Å². The SMILES string of the molecule is C=C[C@@]1(OCc2ccccc2)[C@@H]([C@@H](COCc2ccccc2)OCc2ccccc2)O[C@@H]2OC(C)(C)O[C@@H]21. The van der Waals surface area contributed by atoms with Crippen molar-refractivity contribution in [1.29, 1.82) is 0 Å². The molecule has 0 saturated carbocycles. The summed E-state index contributed by atoms with van der Waals surface area (Å²) in [5.74, 6) is -0.811. The molecule has 200 valence electrons. The minimum atomic E-state index is -1.02. The van der Waals surface area contributed by atoms with Crippen LogP contribution < -0.4 is 0 Å². The summed E-state index contributed by atoms with van der Waals surface area (Å²) in [4.78, 5) is 0. The van der Waals surface area contributed by atoms with Gasteiger partial charge in [-0.05, 0) is 30.5 Å². The second-order valence-electron chi connectivity index (χ2n) is 10.1. The lowest BCUT2D eigenvalue weighted by Gasteiger charge is -2.39. The van der Waals surface area contributed by atoms with Crippen LogP contribution in [0.5, 0.6) is 0 Å². The van der Waals surface area contributed by atoms with Gasteiger partial charge in [0.2, 0.25) is 0 Å². The van der Waals surface area contributed by atoms with E-state index in [1.165, 1.54) is 0 Å². The van der Waals surface area contributed by atoms with Gasteiger partial charge in [0.15, 0.2) is 12.1 Å². The average Bonchev–Trinajstić information content (AvgIpc) is 3.41. The molecule has 2 aliphatic heterocycles. The fourth-order valence-corrected chi connectivity index (χ4v) is 5.03. The Kier molecular flexibility index (Phi) is 8.39. The van der Waals surface area contributed by atoms with Gasteiger partial charge in [0.25, 0.3) is 0 Å². The predicted molar refractivity (Wildman–Crippen MR) is 144 cm³/mol. The largest absolute Gasteiger partial charge is 0.374 e. The van der Waals surface area contributed by atoms with Crippen LogP contribution >= 0.6 is 0 Å². The number of benzene rings is 3. The van der Waals surface area contributed by atoms with E-state index >= 15 is 0 Å². The zero-order chi connectivity index (χ0) is 26.4. The van der Waals surface area contributed by atoms with Gasteiger partial charge in [0, 0.05) is 0 Å². The van der Waals surface area contributed by atoms with E-state index in [0.29, 0.717) is 26.4 Å². The quantitative estimate of drug-likeness (QED) is 0.283. The number of fused-ring (bicyclic) bond motifs is 1. The van der Waals surface area contributed by atoms with Gasteiger partial charge >= 0.3 is 0 Å². The van der Waals surface area contributed by atoms with Crippen molar-refractivity contribution in [2.24, 2.45) is 0 Å². The Balaban J connectivity index is 1.40. The average molecular weight is 517 g/mol. The number of rotatable bonds is 12. The summed E-state index contributed by atoms with van der Waals surface area (Å²) in [6.07, 6.45) is -0.407. The lowest BCUT2D eigenvalue weighted by molar-refractivity contribution is -0.251. The first kappa shape index (κ1) is 26.8. The Bertz CT molecular complexity index is 1150. The van der Waals surface area contributed by atoms with E-state index in [1.807, 2.05) is 105 Å². The Hall–Kier alpha value is -2.84. The van der Waals surface area contributed by atoms with Crippen LogP contribution in [0.3, 0.4) is 0 Å². The summed E-state index contributed by atoms with van der Waals surface area (Å²) in [6.45, 7) is 9.43. The van der Waals surface area contributed by atoms with E-state index in [2.05, 4.69) is 6.58 Å². The van der Waals surface area contributed by atoms with E-state index in [-0.39, 0.29) is 0 Å². The van der Waals surface area contributed by atoms with Crippen LogP contribution in [0.4, 0.5) is 0 Å². The van der Waals surface area contributed by atoms with Gasteiger partial charge < -0.3 is 28.4 Å². The van der Waals surface area contributed by atoms with Crippen molar-refractivity contribution in [2.45, 2.75) is 69.7 Å². The zero-order valence-corrected chi connectivity index (χ0v) is 22.0. The third-order valence-electron chi connectivity index (χ3n) is 6.92. The highest BCUT2D eigenvalue weighted by Gasteiger charge is 2.65. The molecule has 2 saturated heterocycles. The summed E-state index contributed by atoms with van der Waals surface area (Å²) < 4.78 is 38.3. The van der Waals surface area contributed by atoms with Crippen LogP contribution in [0.1, 0.15) is 30.5 Å². The lowest BCUT2D eigenvalue weighted by Crippen LogP contribution is -2.55. The Morgan fingerprint density at radius 3 is 1.92 bits per heavy atom.